The van der Waals surface area contributed by atoms with Crippen LogP contribution in [0.1, 0.15) is 25.7 Å². The van der Waals surface area contributed by atoms with Crippen LogP contribution in [-0.4, -0.2) is 79.0 Å². The van der Waals surface area contributed by atoms with E-state index in [0.29, 0.717) is 24.9 Å². The Labute approximate surface area is 167 Å². The summed E-state index contributed by atoms with van der Waals surface area (Å²) < 4.78 is 11.1. The molecule has 0 spiro atoms. The Morgan fingerprint density at radius 2 is 1.82 bits per heavy atom. The van der Waals surface area contributed by atoms with Crippen LogP contribution in [-0.2, 0) is 9.53 Å². The lowest BCUT2D eigenvalue weighted by molar-refractivity contribution is -0.130. The van der Waals surface area contributed by atoms with Crippen molar-refractivity contribution in [3.63, 3.8) is 0 Å². The van der Waals surface area contributed by atoms with Crippen molar-refractivity contribution in [2.24, 2.45) is 11.8 Å². The number of carbonyl (C=O) groups excluding carboxylic acids is 1. The van der Waals surface area contributed by atoms with Gasteiger partial charge >= 0.3 is 0 Å². The fourth-order valence-electron chi connectivity index (χ4n) is 5.00. The van der Waals surface area contributed by atoms with E-state index in [-0.39, 0.29) is 18.1 Å². The maximum absolute atomic E-state index is 12.6. The van der Waals surface area contributed by atoms with Gasteiger partial charge in [0.15, 0.2) is 0 Å². The fraction of sp³-hybridized carbons (Fsp3) is 0.682. The highest BCUT2D eigenvalue weighted by molar-refractivity contribution is 5.76. The van der Waals surface area contributed by atoms with Crippen LogP contribution < -0.4 is 4.74 Å². The number of hydrogen-bond donors (Lipinski definition) is 1. The zero-order valence-corrected chi connectivity index (χ0v) is 16.5. The molecule has 0 radical (unpaired) electrons. The number of rotatable bonds is 6. The molecule has 28 heavy (non-hydrogen) atoms. The molecule has 2 heterocycles. The first-order valence-electron chi connectivity index (χ1n) is 10.7. The number of aliphatic hydroxyl groups is 1. The molecule has 0 bridgehead atoms. The van der Waals surface area contributed by atoms with E-state index in [9.17, 15) is 9.90 Å². The highest BCUT2D eigenvalue weighted by Crippen LogP contribution is 2.38. The van der Waals surface area contributed by atoms with E-state index in [1.54, 1.807) is 0 Å². The number of ether oxygens (including phenoxy) is 2. The minimum Gasteiger partial charge on any atom is -0.494 e. The number of aliphatic hydroxyl groups excluding tert-OH is 1. The van der Waals surface area contributed by atoms with Gasteiger partial charge in [-0.3, -0.25) is 9.69 Å². The third-order valence-corrected chi connectivity index (χ3v) is 6.52. The summed E-state index contributed by atoms with van der Waals surface area (Å²) in [5.41, 5.74) is 0. The number of morpholine rings is 1. The second-order valence-corrected chi connectivity index (χ2v) is 8.34. The standard InChI is InChI=1S/C22H32N2O4/c25-21-14-18-16-24(15-17(18)13-20(21)23-8-11-27-12-9-23)22(26)7-4-10-28-19-5-2-1-3-6-19/h1-3,5-6,17-18,20-21,25H,4,7-16H2/t17-,18+,20-,21-/m1/s1. The first-order chi connectivity index (χ1) is 13.7. The lowest BCUT2D eigenvalue weighted by Crippen LogP contribution is -2.53. The topological polar surface area (TPSA) is 62.2 Å². The van der Waals surface area contributed by atoms with Crippen molar-refractivity contribution >= 4 is 5.91 Å². The van der Waals surface area contributed by atoms with E-state index in [0.717, 1.165) is 64.4 Å². The zero-order chi connectivity index (χ0) is 19.3. The Morgan fingerprint density at radius 1 is 1.11 bits per heavy atom. The molecule has 2 saturated heterocycles. The van der Waals surface area contributed by atoms with Crippen molar-refractivity contribution in [3.05, 3.63) is 30.3 Å². The van der Waals surface area contributed by atoms with Crippen LogP contribution >= 0.6 is 0 Å². The average molecular weight is 389 g/mol. The highest BCUT2D eigenvalue weighted by atomic mass is 16.5. The van der Waals surface area contributed by atoms with Crippen LogP contribution in [0.3, 0.4) is 0 Å². The van der Waals surface area contributed by atoms with Gasteiger partial charge in [-0.15, -0.1) is 0 Å². The molecule has 6 heteroatoms. The third-order valence-electron chi connectivity index (χ3n) is 6.52. The Balaban J connectivity index is 1.22. The van der Waals surface area contributed by atoms with E-state index in [2.05, 4.69) is 4.90 Å². The maximum Gasteiger partial charge on any atom is 0.222 e. The van der Waals surface area contributed by atoms with Crippen molar-refractivity contribution in [1.29, 1.82) is 0 Å². The minimum absolute atomic E-state index is 0.222. The molecule has 2 aliphatic heterocycles. The molecule has 1 aromatic carbocycles. The third kappa shape index (κ3) is 4.67. The van der Waals surface area contributed by atoms with Crippen molar-refractivity contribution in [2.75, 3.05) is 46.0 Å². The largest absolute Gasteiger partial charge is 0.494 e. The number of fused-ring (bicyclic) bond motifs is 1. The predicted molar refractivity (Wildman–Crippen MR) is 106 cm³/mol. The van der Waals surface area contributed by atoms with Gasteiger partial charge in [-0.05, 0) is 43.2 Å². The fourth-order valence-corrected chi connectivity index (χ4v) is 5.00. The van der Waals surface area contributed by atoms with Crippen LogP contribution in [0.4, 0.5) is 0 Å². The summed E-state index contributed by atoms with van der Waals surface area (Å²) in [5, 5.41) is 10.7. The SMILES string of the molecule is O=C(CCCOc1ccccc1)N1C[C@H]2C[C@@H](N3CCOCC3)[C@H](O)C[C@H]2C1. The summed E-state index contributed by atoms with van der Waals surface area (Å²) >= 11 is 0. The summed E-state index contributed by atoms with van der Waals surface area (Å²) in [4.78, 5) is 17.1. The Hall–Kier alpha value is -1.63. The molecule has 4 atom stereocenters. The van der Waals surface area contributed by atoms with Gasteiger partial charge in [-0.2, -0.15) is 0 Å². The molecule has 1 saturated carbocycles. The first kappa shape index (κ1) is 19.7. The predicted octanol–water partition coefficient (Wildman–Crippen LogP) is 1.78. The highest BCUT2D eigenvalue weighted by Gasteiger charge is 2.44. The van der Waals surface area contributed by atoms with Crippen LogP contribution in [0.15, 0.2) is 30.3 Å². The van der Waals surface area contributed by atoms with Crippen LogP contribution in [0.25, 0.3) is 0 Å². The lowest BCUT2D eigenvalue weighted by atomic mass is 9.77. The number of nitrogens with zero attached hydrogens (tertiary/aromatic N) is 2. The monoisotopic (exact) mass is 388 g/mol. The molecule has 0 unspecified atom stereocenters. The van der Waals surface area contributed by atoms with Gasteiger partial charge in [0.2, 0.25) is 5.91 Å². The molecule has 154 valence electrons. The molecule has 0 aromatic heterocycles. The molecule has 1 aliphatic carbocycles. The zero-order valence-electron chi connectivity index (χ0n) is 16.5. The smallest absolute Gasteiger partial charge is 0.222 e. The summed E-state index contributed by atoms with van der Waals surface area (Å²) in [6.45, 7) is 5.53. The average Bonchev–Trinajstić information content (AvgIpc) is 3.15. The van der Waals surface area contributed by atoms with Crippen LogP contribution in [0, 0.1) is 11.8 Å². The molecular formula is C22H32N2O4. The molecule has 3 aliphatic rings. The summed E-state index contributed by atoms with van der Waals surface area (Å²) in [7, 11) is 0. The Morgan fingerprint density at radius 3 is 2.57 bits per heavy atom. The molecule has 1 N–H and O–H groups in total. The summed E-state index contributed by atoms with van der Waals surface area (Å²) in [6.07, 6.45) is 2.79. The van der Waals surface area contributed by atoms with Gasteiger partial charge in [0.1, 0.15) is 5.75 Å². The summed E-state index contributed by atoms with van der Waals surface area (Å²) in [6, 6.07) is 9.95. The number of benzene rings is 1. The number of carbonyl (C=O) groups is 1. The van der Waals surface area contributed by atoms with E-state index in [4.69, 9.17) is 9.47 Å². The second-order valence-electron chi connectivity index (χ2n) is 8.34. The summed E-state index contributed by atoms with van der Waals surface area (Å²) in [5.74, 6) is 2.03. The van der Waals surface area contributed by atoms with Gasteiger partial charge in [-0.25, -0.2) is 0 Å². The molecule has 1 amide bonds. The van der Waals surface area contributed by atoms with Crippen LogP contribution in [0.2, 0.25) is 0 Å². The van der Waals surface area contributed by atoms with Crippen molar-refractivity contribution in [3.8, 4) is 5.75 Å². The molecule has 6 nitrogen and oxygen atoms in total. The van der Waals surface area contributed by atoms with Crippen molar-refractivity contribution < 1.29 is 19.4 Å². The molecular weight excluding hydrogens is 356 g/mol. The van der Waals surface area contributed by atoms with Gasteiger partial charge in [0, 0.05) is 38.6 Å². The minimum atomic E-state index is -0.284. The number of likely N-dealkylation sites (tertiary alicyclic amines) is 1. The first-order valence-corrected chi connectivity index (χ1v) is 10.7. The van der Waals surface area contributed by atoms with E-state index in [1.807, 2.05) is 35.2 Å². The van der Waals surface area contributed by atoms with Crippen molar-refractivity contribution in [1.82, 2.24) is 9.80 Å². The second kappa shape index (κ2) is 9.25. The normalized spacial score (nSPS) is 30.8. The van der Waals surface area contributed by atoms with E-state index < -0.39 is 0 Å². The molecule has 3 fully saturated rings. The Kier molecular flexibility index (Phi) is 6.50. The van der Waals surface area contributed by atoms with Gasteiger partial charge in [-0.1, -0.05) is 18.2 Å². The Bertz CT molecular complexity index is 635. The van der Waals surface area contributed by atoms with Gasteiger partial charge < -0.3 is 19.5 Å². The maximum atomic E-state index is 12.6. The lowest BCUT2D eigenvalue weighted by Gasteiger charge is -2.43. The molecule has 4 rings (SSSR count). The molecule has 1 aromatic rings. The van der Waals surface area contributed by atoms with Crippen molar-refractivity contribution in [2.45, 2.75) is 37.8 Å². The van der Waals surface area contributed by atoms with E-state index >= 15 is 0 Å². The van der Waals surface area contributed by atoms with Crippen LogP contribution in [0.5, 0.6) is 5.75 Å². The quantitative estimate of drug-likeness (QED) is 0.753. The number of hydrogen-bond acceptors (Lipinski definition) is 5. The van der Waals surface area contributed by atoms with Gasteiger partial charge in [0.25, 0.3) is 0 Å². The number of para-hydroxylation sites is 1. The van der Waals surface area contributed by atoms with E-state index in [1.165, 1.54) is 0 Å². The van der Waals surface area contributed by atoms with Gasteiger partial charge in [0.05, 0.1) is 25.9 Å². The number of amides is 1.